The lowest BCUT2D eigenvalue weighted by Crippen LogP contribution is -2.05. The molecular weight excluding hydrogens is 281 g/mol. The van der Waals surface area contributed by atoms with Crippen molar-refractivity contribution >= 4 is 17.6 Å². The lowest BCUT2D eigenvalue weighted by atomic mass is 10.1. The van der Waals surface area contributed by atoms with Gasteiger partial charge in [0.2, 0.25) is 0 Å². The van der Waals surface area contributed by atoms with Crippen LogP contribution in [0.5, 0.6) is 0 Å². The summed E-state index contributed by atoms with van der Waals surface area (Å²) in [6.07, 6.45) is 0.168. The second-order valence-corrected chi connectivity index (χ2v) is 4.79. The molecule has 0 saturated heterocycles. The van der Waals surface area contributed by atoms with Crippen LogP contribution in [0.25, 0.3) is 11.3 Å². The number of carbonyl (C=O) groups excluding carboxylic acids is 1. The average molecular weight is 294 g/mol. The van der Waals surface area contributed by atoms with Crippen LogP contribution in [-0.4, -0.2) is 18.1 Å². The van der Waals surface area contributed by atoms with Gasteiger partial charge in [-0.05, 0) is 42.8 Å². The highest BCUT2D eigenvalue weighted by Crippen LogP contribution is 2.24. The molecule has 1 heterocycles. The predicted octanol–water partition coefficient (Wildman–Crippen LogP) is 3.57. The molecule has 0 N–H and O–H groups in total. The van der Waals surface area contributed by atoms with E-state index in [1.807, 2.05) is 13.0 Å². The van der Waals surface area contributed by atoms with Crippen molar-refractivity contribution in [2.75, 3.05) is 7.11 Å². The summed E-state index contributed by atoms with van der Waals surface area (Å²) in [4.78, 5) is 15.7. The molecule has 0 saturated carbocycles. The monoisotopic (exact) mass is 293 g/mol. The first kappa shape index (κ1) is 14.5. The Morgan fingerprint density at radius 2 is 2.10 bits per heavy atom. The van der Waals surface area contributed by atoms with Gasteiger partial charge in [0.1, 0.15) is 5.82 Å². The normalized spacial score (nSPS) is 10.4. The number of methoxy groups -OCH3 is 1. The van der Waals surface area contributed by atoms with Crippen LogP contribution in [0.4, 0.5) is 4.39 Å². The SMILES string of the molecule is COC(=O)Cc1cc(C)nc(-c2ccc(F)c(Cl)c2)c1. The van der Waals surface area contributed by atoms with Crippen molar-refractivity contribution in [2.24, 2.45) is 0 Å². The number of aryl methyl sites for hydroxylation is 1. The number of hydrogen-bond acceptors (Lipinski definition) is 3. The third-order valence-electron chi connectivity index (χ3n) is 2.80. The molecule has 5 heteroatoms. The molecule has 0 spiro atoms. The van der Waals surface area contributed by atoms with Crippen LogP contribution in [0.3, 0.4) is 0 Å². The van der Waals surface area contributed by atoms with Gasteiger partial charge in [0, 0.05) is 11.3 Å². The maximum absolute atomic E-state index is 13.2. The van der Waals surface area contributed by atoms with Crippen LogP contribution in [0.15, 0.2) is 30.3 Å². The molecule has 1 aromatic heterocycles. The van der Waals surface area contributed by atoms with Crippen molar-refractivity contribution in [3.63, 3.8) is 0 Å². The molecule has 1 aromatic carbocycles. The summed E-state index contributed by atoms with van der Waals surface area (Å²) in [5, 5.41) is 0.0420. The first-order chi connectivity index (χ1) is 9.49. The Morgan fingerprint density at radius 1 is 1.35 bits per heavy atom. The molecule has 0 amide bonds. The van der Waals surface area contributed by atoms with Gasteiger partial charge < -0.3 is 4.74 Å². The van der Waals surface area contributed by atoms with Crippen LogP contribution in [-0.2, 0) is 16.0 Å². The summed E-state index contributed by atoms with van der Waals surface area (Å²) in [7, 11) is 1.34. The van der Waals surface area contributed by atoms with Gasteiger partial charge in [-0.15, -0.1) is 0 Å². The Balaban J connectivity index is 2.40. The number of rotatable bonds is 3. The fourth-order valence-corrected chi connectivity index (χ4v) is 2.06. The van der Waals surface area contributed by atoms with Crippen molar-refractivity contribution in [3.8, 4) is 11.3 Å². The van der Waals surface area contributed by atoms with E-state index in [9.17, 15) is 9.18 Å². The third kappa shape index (κ3) is 3.33. The minimum absolute atomic E-state index is 0.0420. The topological polar surface area (TPSA) is 39.2 Å². The summed E-state index contributed by atoms with van der Waals surface area (Å²) < 4.78 is 17.8. The first-order valence-corrected chi connectivity index (χ1v) is 6.37. The van der Waals surface area contributed by atoms with E-state index >= 15 is 0 Å². The van der Waals surface area contributed by atoms with Crippen molar-refractivity contribution in [1.29, 1.82) is 0 Å². The van der Waals surface area contributed by atoms with Crippen LogP contribution >= 0.6 is 11.6 Å². The van der Waals surface area contributed by atoms with Crippen molar-refractivity contribution < 1.29 is 13.9 Å². The number of pyridine rings is 1. The second kappa shape index (κ2) is 6.01. The molecule has 0 aliphatic heterocycles. The lowest BCUT2D eigenvalue weighted by Gasteiger charge is -2.07. The minimum Gasteiger partial charge on any atom is -0.469 e. The molecule has 104 valence electrons. The quantitative estimate of drug-likeness (QED) is 0.812. The Kier molecular flexibility index (Phi) is 4.35. The molecule has 0 aliphatic rings. The molecule has 2 rings (SSSR count). The van der Waals surface area contributed by atoms with Crippen LogP contribution < -0.4 is 0 Å². The summed E-state index contributed by atoms with van der Waals surface area (Å²) in [6.45, 7) is 1.83. The van der Waals surface area contributed by atoms with Gasteiger partial charge in [0.15, 0.2) is 0 Å². The van der Waals surface area contributed by atoms with Gasteiger partial charge in [-0.2, -0.15) is 0 Å². The third-order valence-corrected chi connectivity index (χ3v) is 3.09. The second-order valence-electron chi connectivity index (χ2n) is 4.38. The standard InChI is InChI=1S/C15H13ClFNO2/c1-9-5-10(7-15(19)20-2)6-14(18-9)11-3-4-13(17)12(16)8-11/h3-6,8H,7H2,1-2H3. The van der Waals surface area contributed by atoms with Gasteiger partial charge in [0.05, 0.1) is 24.2 Å². The lowest BCUT2D eigenvalue weighted by molar-refractivity contribution is -0.139. The highest BCUT2D eigenvalue weighted by Gasteiger charge is 2.09. The molecule has 0 radical (unpaired) electrons. The summed E-state index contributed by atoms with van der Waals surface area (Å²) in [5.41, 5.74) is 2.90. The predicted molar refractivity (Wildman–Crippen MR) is 75.1 cm³/mol. The molecule has 20 heavy (non-hydrogen) atoms. The van der Waals surface area contributed by atoms with E-state index in [2.05, 4.69) is 9.72 Å². The van der Waals surface area contributed by atoms with Gasteiger partial charge >= 0.3 is 5.97 Å². The number of ether oxygens (including phenoxy) is 1. The number of carbonyl (C=O) groups is 1. The summed E-state index contributed by atoms with van der Waals surface area (Å²) in [5.74, 6) is -0.795. The first-order valence-electron chi connectivity index (χ1n) is 5.99. The van der Waals surface area contributed by atoms with Crippen LogP contribution in [0.1, 0.15) is 11.3 Å². The van der Waals surface area contributed by atoms with E-state index in [1.54, 1.807) is 12.1 Å². The zero-order chi connectivity index (χ0) is 14.7. The van der Waals surface area contributed by atoms with Gasteiger partial charge in [-0.3, -0.25) is 9.78 Å². The molecule has 0 atom stereocenters. The van der Waals surface area contributed by atoms with Crippen molar-refractivity contribution in [3.05, 3.63) is 52.4 Å². The Bertz CT molecular complexity index is 658. The molecule has 0 aliphatic carbocycles. The van der Waals surface area contributed by atoms with E-state index < -0.39 is 5.82 Å². The number of hydrogen-bond donors (Lipinski definition) is 0. The van der Waals surface area contributed by atoms with E-state index in [0.717, 1.165) is 11.3 Å². The number of aromatic nitrogens is 1. The Labute approximate surface area is 121 Å². The number of nitrogens with zero attached hydrogens (tertiary/aromatic N) is 1. The zero-order valence-corrected chi connectivity index (χ0v) is 11.9. The molecule has 0 fully saturated rings. The van der Waals surface area contributed by atoms with E-state index in [0.29, 0.717) is 11.3 Å². The average Bonchev–Trinajstić information content (AvgIpc) is 2.41. The van der Waals surface area contributed by atoms with E-state index in [1.165, 1.54) is 19.2 Å². The molecule has 2 aromatic rings. The summed E-state index contributed by atoms with van der Waals surface area (Å²) >= 11 is 5.77. The molecular formula is C15H13ClFNO2. The van der Waals surface area contributed by atoms with Gasteiger partial charge in [-0.1, -0.05) is 11.6 Å². The smallest absolute Gasteiger partial charge is 0.309 e. The van der Waals surface area contributed by atoms with Gasteiger partial charge in [0.25, 0.3) is 0 Å². The Morgan fingerprint density at radius 3 is 2.75 bits per heavy atom. The number of halogens is 2. The maximum Gasteiger partial charge on any atom is 0.309 e. The van der Waals surface area contributed by atoms with Gasteiger partial charge in [-0.25, -0.2) is 4.39 Å². The molecule has 3 nitrogen and oxygen atoms in total. The minimum atomic E-state index is -0.474. The molecule has 0 unspecified atom stereocenters. The largest absolute Gasteiger partial charge is 0.469 e. The highest BCUT2D eigenvalue weighted by atomic mass is 35.5. The van der Waals surface area contributed by atoms with Crippen LogP contribution in [0, 0.1) is 12.7 Å². The maximum atomic E-state index is 13.2. The Hall–Kier alpha value is -1.94. The van der Waals surface area contributed by atoms with Crippen molar-refractivity contribution in [2.45, 2.75) is 13.3 Å². The fraction of sp³-hybridized carbons (Fsp3) is 0.200. The number of esters is 1. The fourth-order valence-electron chi connectivity index (χ4n) is 1.88. The van der Waals surface area contributed by atoms with Crippen LogP contribution in [0.2, 0.25) is 5.02 Å². The molecule has 0 bridgehead atoms. The highest BCUT2D eigenvalue weighted by molar-refractivity contribution is 6.31. The van der Waals surface area contributed by atoms with E-state index in [-0.39, 0.29) is 17.4 Å². The van der Waals surface area contributed by atoms with E-state index in [4.69, 9.17) is 11.6 Å². The summed E-state index contributed by atoms with van der Waals surface area (Å²) in [6, 6.07) is 7.99. The number of benzene rings is 1. The van der Waals surface area contributed by atoms with Crippen molar-refractivity contribution in [1.82, 2.24) is 4.98 Å². The zero-order valence-electron chi connectivity index (χ0n) is 11.1.